The van der Waals surface area contributed by atoms with E-state index in [2.05, 4.69) is 11.0 Å². The first-order chi connectivity index (χ1) is 9.81. The van der Waals surface area contributed by atoms with Crippen LogP contribution in [0.15, 0.2) is 0 Å². The molecular weight excluding hydrogens is 258 g/mol. The summed E-state index contributed by atoms with van der Waals surface area (Å²) in [4.78, 5) is 16.5. The Morgan fingerprint density at radius 2 is 2.10 bits per heavy atom. The predicted octanol–water partition coefficient (Wildman–Crippen LogP) is 0.240. The Kier molecular flexibility index (Phi) is 6.25. The molecule has 2 rings (SSSR count). The summed E-state index contributed by atoms with van der Waals surface area (Å²) in [7, 11) is 0. The van der Waals surface area contributed by atoms with Crippen molar-refractivity contribution in [3.63, 3.8) is 0 Å². The molecule has 0 aromatic heterocycles. The largest absolute Gasteiger partial charge is 0.379 e. The molecule has 2 fully saturated rings. The Morgan fingerprint density at radius 3 is 2.75 bits per heavy atom. The Bertz CT molecular complexity index is 344. The fourth-order valence-electron chi connectivity index (χ4n) is 2.58. The number of ether oxygens (including phenoxy) is 2. The van der Waals surface area contributed by atoms with Gasteiger partial charge in [0.15, 0.2) is 0 Å². The summed E-state index contributed by atoms with van der Waals surface area (Å²) >= 11 is 0. The van der Waals surface area contributed by atoms with Crippen molar-refractivity contribution in [2.24, 2.45) is 0 Å². The summed E-state index contributed by atoms with van der Waals surface area (Å²) in [6.45, 7) is 6.04. The zero-order valence-corrected chi connectivity index (χ0v) is 11.9. The van der Waals surface area contributed by atoms with Crippen molar-refractivity contribution >= 4 is 5.91 Å². The highest BCUT2D eigenvalue weighted by Gasteiger charge is 2.28. The van der Waals surface area contributed by atoms with Gasteiger partial charge in [-0.3, -0.25) is 9.69 Å². The van der Waals surface area contributed by atoms with Crippen molar-refractivity contribution in [2.75, 3.05) is 52.5 Å². The van der Waals surface area contributed by atoms with Gasteiger partial charge in [-0.1, -0.05) is 0 Å². The van der Waals surface area contributed by atoms with Gasteiger partial charge in [-0.2, -0.15) is 5.26 Å². The lowest BCUT2D eigenvalue weighted by Gasteiger charge is -2.30. The van der Waals surface area contributed by atoms with E-state index in [1.807, 2.05) is 0 Å². The topological polar surface area (TPSA) is 65.8 Å². The van der Waals surface area contributed by atoms with Gasteiger partial charge in [-0.05, 0) is 12.8 Å². The molecule has 0 aliphatic carbocycles. The second-order valence-electron chi connectivity index (χ2n) is 5.19. The fraction of sp³-hybridized carbons (Fsp3) is 0.857. The molecule has 0 aromatic rings. The van der Waals surface area contributed by atoms with Gasteiger partial charge in [-0.15, -0.1) is 0 Å². The van der Waals surface area contributed by atoms with E-state index in [1.54, 1.807) is 4.90 Å². The number of rotatable bonds is 6. The minimum absolute atomic E-state index is 0.0472. The second kappa shape index (κ2) is 8.20. The summed E-state index contributed by atoms with van der Waals surface area (Å²) < 4.78 is 10.8. The number of nitrogens with zero attached hydrogens (tertiary/aromatic N) is 3. The van der Waals surface area contributed by atoms with E-state index in [1.165, 1.54) is 0 Å². The lowest BCUT2D eigenvalue weighted by Crippen LogP contribution is -2.46. The van der Waals surface area contributed by atoms with Gasteiger partial charge in [0.05, 0.1) is 25.7 Å². The number of carbonyl (C=O) groups is 1. The molecule has 1 atom stereocenters. The minimum Gasteiger partial charge on any atom is -0.379 e. The molecule has 0 aromatic carbocycles. The summed E-state index contributed by atoms with van der Waals surface area (Å²) in [6.07, 6.45) is 1.84. The third-order valence-electron chi connectivity index (χ3n) is 3.80. The average Bonchev–Trinajstić information content (AvgIpc) is 3.02. The Hall–Kier alpha value is -1.16. The van der Waals surface area contributed by atoms with Crippen LogP contribution in [-0.4, -0.2) is 74.4 Å². The molecule has 2 aliphatic heterocycles. The van der Waals surface area contributed by atoms with Crippen LogP contribution in [0.1, 0.15) is 19.3 Å². The van der Waals surface area contributed by atoms with E-state index < -0.39 is 0 Å². The van der Waals surface area contributed by atoms with Crippen LogP contribution in [0.4, 0.5) is 0 Å². The van der Waals surface area contributed by atoms with E-state index in [4.69, 9.17) is 14.7 Å². The van der Waals surface area contributed by atoms with E-state index in [9.17, 15) is 4.79 Å². The van der Waals surface area contributed by atoms with Gasteiger partial charge in [-0.25, -0.2) is 0 Å². The highest BCUT2D eigenvalue weighted by molar-refractivity contribution is 5.81. The van der Waals surface area contributed by atoms with Crippen LogP contribution in [0.5, 0.6) is 0 Å². The first kappa shape index (κ1) is 15.2. The van der Waals surface area contributed by atoms with Crippen LogP contribution in [0.2, 0.25) is 0 Å². The van der Waals surface area contributed by atoms with Gasteiger partial charge in [0, 0.05) is 39.3 Å². The highest BCUT2D eigenvalue weighted by Crippen LogP contribution is 2.15. The maximum absolute atomic E-state index is 12.4. The average molecular weight is 281 g/mol. The first-order valence-electron chi connectivity index (χ1n) is 7.38. The van der Waals surface area contributed by atoms with Gasteiger partial charge in [0.1, 0.15) is 6.10 Å². The zero-order valence-electron chi connectivity index (χ0n) is 11.9. The Labute approximate surface area is 120 Å². The molecular formula is C14H23N3O3. The lowest BCUT2D eigenvalue weighted by atomic mass is 10.2. The van der Waals surface area contributed by atoms with Crippen molar-refractivity contribution in [1.82, 2.24) is 9.80 Å². The Balaban J connectivity index is 1.82. The van der Waals surface area contributed by atoms with Crippen LogP contribution >= 0.6 is 0 Å². The lowest BCUT2D eigenvalue weighted by molar-refractivity contribution is -0.141. The van der Waals surface area contributed by atoms with Crippen molar-refractivity contribution in [2.45, 2.75) is 25.4 Å². The van der Waals surface area contributed by atoms with Crippen LogP contribution in [0, 0.1) is 11.3 Å². The molecule has 2 aliphatic rings. The van der Waals surface area contributed by atoms with Crippen LogP contribution in [0.25, 0.3) is 0 Å². The monoisotopic (exact) mass is 281 g/mol. The van der Waals surface area contributed by atoms with Crippen LogP contribution in [-0.2, 0) is 14.3 Å². The highest BCUT2D eigenvalue weighted by atomic mass is 16.5. The molecule has 0 N–H and O–H groups in total. The Morgan fingerprint density at radius 1 is 1.30 bits per heavy atom. The van der Waals surface area contributed by atoms with Gasteiger partial charge < -0.3 is 14.4 Å². The standard InChI is InChI=1S/C14H23N3O3/c15-4-2-5-17(14(18)13-3-1-10-20-13)7-6-16-8-11-19-12-9-16/h13H,1-3,5-12H2. The third kappa shape index (κ3) is 4.44. The molecule has 2 heterocycles. The third-order valence-corrected chi connectivity index (χ3v) is 3.80. The SMILES string of the molecule is N#CCCN(CCN1CCOCC1)C(=O)C1CCCO1. The number of amides is 1. The summed E-state index contributed by atoms with van der Waals surface area (Å²) in [5.41, 5.74) is 0. The van der Waals surface area contributed by atoms with E-state index >= 15 is 0 Å². The number of hydrogen-bond donors (Lipinski definition) is 0. The van der Waals surface area contributed by atoms with E-state index in [0.29, 0.717) is 26.1 Å². The van der Waals surface area contributed by atoms with Gasteiger partial charge in [0.2, 0.25) is 0 Å². The fourth-order valence-corrected chi connectivity index (χ4v) is 2.58. The quantitative estimate of drug-likeness (QED) is 0.698. The molecule has 1 unspecified atom stereocenters. The maximum atomic E-state index is 12.4. The molecule has 0 saturated carbocycles. The van der Waals surface area contributed by atoms with Crippen LogP contribution in [0.3, 0.4) is 0 Å². The van der Waals surface area contributed by atoms with Crippen molar-refractivity contribution in [3.05, 3.63) is 0 Å². The molecule has 0 spiro atoms. The van der Waals surface area contributed by atoms with Gasteiger partial charge in [0.25, 0.3) is 5.91 Å². The minimum atomic E-state index is -0.293. The van der Waals surface area contributed by atoms with Crippen molar-refractivity contribution < 1.29 is 14.3 Å². The summed E-state index contributed by atoms with van der Waals surface area (Å²) in [6, 6.07) is 2.11. The summed E-state index contributed by atoms with van der Waals surface area (Å²) in [5, 5.41) is 8.73. The molecule has 20 heavy (non-hydrogen) atoms. The van der Waals surface area contributed by atoms with Gasteiger partial charge >= 0.3 is 0 Å². The first-order valence-corrected chi connectivity index (χ1v) is 7.38. The maximum Gasteiger partial charge on any atom is 0.251 e. The second-order valence-corrected chi connectivity index (χ2v) is 5.19. The molecule has 6 nitrogen and oxygen atoms in total. The number of morpholine rings is 1. The zero-order chi connectivity index (χ0) is 14.2. The summed E-state index contributed by atoms with van der Waals surface area (Å²) in [5.74, 6) is 0.0472. The van der Waals surface area contributed by atoms with E-state index in [0.717, 1.165) is 45.7 Å². The van der Waals surface area contributed by atoms with Crippen molar-refractivity contribution in [3.8, 4) is 6.07 Å². The number of nitriles is 1. The molecule has 1 amide bonds. The molecule has 2 saturated heterocycles. The number of hydrogen-bond acceptors (Lipinski definition) is 5. The predicted molar refractivity (Wildman–Crippen MR) is 73.0 cm³/mol. The van der Waals surface area contributed by atoms with Crippen molar-refractivity contribution in [1.29, 1.82) is 5.26 Å². The van der Waals surface area contributed by atoms with Crippen LogP contribution < -0.4 is 0 Å². The molecule has 112 valence electrons. The smallest absolute Gasteiger partial charge is 0.251 e. The van der Waals surface area contributed by atoms with E-state index in [-0.39, 0.29) is 12.0 Å². The molecule has 0 bridgehead atoms. The number of carbonyl (C=O) groups excluding carboxylic acids is 1. The molecule has 0 radical (unpaired) electrons. The molecule has 6 heteroatoms. The normalized spacial score (nSPS) is 23.4.